The predicted octanol–water partition coefficient (Wildman–Crippen LogP) is 1.48. The van der Waals surface area contributed by atoms with E-state index in [0.717, 1.165) is 4.57 Å². The molecule has 1 N–H and O–H groups in total. The van der Waals surface area contributed by atoms with E-state index in [2.05, 4.69) is 15.3 Å². The average molecular weight is 343 g/mol. The van der Waals surface area contributed by atoms with Gasteiger partial charge in [-0.05, 0) is 12.8 Å². The minimum Gasteiger partial charge on any atom is -0.469 e. The summed E-state index contributed by atoms with van der Waals surface area (Å²) in [4.78, 5) is 22.1. The molecule has 134 valence electrons. The summed E-state index contributed by atoms with van der Waals surface area (Å²) in [6.45, 7) is 3.07. The number of carbonyl (C=O) groups is 1. The number of hydrogen-bond donors (Lipinski definition) is 1. The van der Waals surface area contributed by atoms with Gasteiger partial charge in [0.15, 0.2) is 5.96 Å². The average Bonchev–Trinajstić information content (AvgIpc) is 3.17. The molecule has 0 spiro atoms. The number of methoxy groups -OCH3 is 1. The summed E-state index contributed by atoms with van der Waals surface area (Å²) in [6.07, 6.45) is 2.56. The van der Waals surface area contributed by atoms with Crippen molar-refractivity contribution >= 4 is 11.9 Å². The second-order valence-electron chi connectivity index (χ2n) is 5.71. The van der Waals surface area contributed by atoms with Crippen LogP contribution in [0.1, 0.15) is 26.2 Å². The molecule has 1 aliphatic heterocycles. The number of aliphatic imine (C=N–C) groups is 1. The Balaban J connectivity index is 2.11. The minimum absolute atomic E-state index is 0.0352. The van der Waals surface area contributed by atoms with Gasteiger partial charge < -0.3 is 15.0 Å². The molecule has 9 heteroatoms. The van der Waals surface area contributed by atoms with Crippen LogP contribution in [0.15, 0.2) is 17.4 Å². The Hall–Kier alpha value is -2.19. The van der Waals surface area contributed by atoms with Gasteiger partial charge in [0.1, 0.15) is 12.4 Å². The molecule has 24 heavy (non-hydrogen) atoms. The highest BCUT2D eigenvalue weighted by molar-refractivity contribution is 5.82. The summed E-state index contributed by atoms with van der Waals surface area (Å²) in [7, 11) is 1.38. The molecule has 1 saturated heterocycles. The van der Waals surface area contributed by atoms with Crippen LogP contribution in [0.2, 0.25) is 0 Å². The van der Waals surface area contributed by atoms with Crippen LogP contribution in [-0.2, 0) is 16.1 Å². The van der Waals surface area contributed by atoms with Gasteiger partial charge in [0.05, 0.1) is 13.0 Å². The SMILES string of the molecule is CCNC(=NCc1nccn1C(F)F)N1CC(C)C(C(=O)OC)C1. The zero-order chi connectivity index (χ0) is 17.7. The van der Waals surface area contributed by atoms with Crippen LogP contribution < -0.4 is 5.32 Å². The van der Waals surface area contributed by atoms with Crippen molar-refractivity contribution in [2.45, 2.75) is 26.9 Å². The van der Waals surface area contributed by atoms with E-state index >= 15 is 0 Å². The molecular weight excluding hydrogens is 320 g/mol. The van der Waals surface area contributed by atoms with Crippen LogP contribution in [0.3, 0.4) is 0 Å². The van der Waals surface area contributed by atoms with Crippen molar-refractivity contribution in [1.82, 2.24) is 19.8 Å². The third-order valence-corrected chi connectivity index (χ3v) is 4.08. The van der Waals surface area contributed by atoms with E-state index < -0.39 is 6.55 Å². The maximum Gasteiger partial charge on any atom is 0.319 e. The molecular formula is C15H23F2N5O2. The van der Waals surface area contributed by atoms with E-state index in [1.54, 1.807) is 0 Å². The fourth-order valence-corrected chi connectivity index (χ4v) is 2.81. The normalized spacial score (nSPS) is 21.4. The van der Waals surface area contributed by atoms with Gasteiger partial charge in [-0.2, -0.15) is 8.78 Å². The van der Waals surface area contributed by atoms with E-state index in [1.807, 2.05) is 18.7 Å². The fraction of sp³-hybridized carbons (Fsp3) is 0.667. The van der Waals surface area contributed by atoms with Crippen molar-refractivity contribution in [3.63, 3.8) is 0 Å². The molecule has 1 aromatic rings. The molecule has 1 aliphatic rings. The first-order valence-electron chi connectivity index (χ1n) is 7.88. The van der Waals surface area contributed by atoms with Crippen molar-refractivity contribution in [2.75, 3.05) is 26.7 Å². The molecule has 0 aromatic carbocycles. The number of esters is 1. The lowest BCUT2D eigenvalue weighted by molar-refractivity contribution is -0.145. The number of rotatable bonds is 5. The summed E-state index contributed by atoms with van der Waals surface area (Å²) < 4.78 is 31.3. The highest BCUT2D eigenvalue weighted by Crippen LogP contribution is 2.24. The Morgan fingerprint density at radius 1 is 1.54 bits per heavy atom. The Labute approximate surface area is 139 Å². The first-order chi connectivity index (χ1) is 11.5. The number of carbonyl (C=O) groups excluding carboxylic acids is 1. The van der Waals surface area contributed by atoms with Crippen LogP contribution in [0.5, 0.6) is 0 Å². The van der Waals surface area contributed by atoms with Crippen LogP contribution >= 0.6 is 0 Å². The molecule has 1 fully saturated rings. The van der Waals surface area contributed by atoms with Crippen molar-refractivity contribution in [3.8, 4) is 0 Å². The number of aromatic nitrogens is 2. The number of nitrogens with one attached hydrogen (secondary N) is 1. The molecule has 2 unspecified atom stereocenters. The lowest BCUT2D eigenvalue weighted by Crippen LogP contribution is -2.40. The van der Waals surface area contributed by atoms with Gasteiger partial charge in [-0.1, -0.05) is 6.92 Å². The van der Waals surface area contributed by atoms with Gasteiger partial charge >= 0.3 is 12.5 Å². The van der Waals surface area contributed by atoms with Crippen molar-refractivity contribution in [2.24, 2.45) is 16.8 Å². The molecule has 2 atom stereocenters. The number of likely N-dealkylation sites (tertiary alicyclic amines) is 1. The smallest absolute Gasteiger partial charge is 0.319 e. The highest BCUT2D eigenvalue weighted by atomic mass is 19.3. The molecule has 1 aromatic heterocycles. The number of halogens is 2. The summed E-state index contributed by atoms with van der Waals surface area (Å²) >= 11 is 0. The number of alkyl halides is 2. The van der Waals surface area contributed by atoms with Gasteiger partial charge in [-0.25, -0.2) is 9.98 Å². The van der Waals surface area contributed by atoms with E-state index in [4.69, 9.17) is 4.74 Å². The van der Waals surface area contributed by atoms with Crippen LogP contribution in [0.25, 0.3) is 0 Å². The standard InChI is InChI=1S/C15H23F2N5O2/c1-4-18-15(20-7-12-19-5-6-22(12)14(16)17)21-8-10(2)11(9-21)13(23)24-3/h5-6,10-11,14H,4,7-9H2,1-3H3,(H,18,20). The maximum absolute atomic E-state index is 12.9. The van der Waals surface area contributed by atoms with Crippen LogP contribution in [0, 0.1) is 11.8 Å². The summed E-state index contributed by atoms with van der Waals surface area (Å²) in [5, 5.41) is 3.13. The number of guanidine groups is 1. The first kappa shape index (κ1) is 18.2. The lowest BCUT2D eigenvalue weighted by Gasteiger charge is -2.21. The summed E-state index contributed by atoms with van der Waals surface area (Å²) in [5.74, 6) is 0.442. The zero-order valence-electron chi connectivity index (χ0n) is 14.1. The highest BCUT2D eigenvalue weighted by Gasteiger charge is 2.36. The van der Waals surface area contributed by atoms with E-state index in [0.29, 0.717) is 25.6 Å². The zero-order valence-corrected chi connectivity index (χ0v) is 14.1. The molecule has 0 saturated carbocycles. The molecule has 0 bridgehead atoms. The second-order valence-corrected chi connectivity index (χ2v) is 5.71. The Morgan fingerprint density at radius 2 is 2.29 bits per heavy atom. The van der Waals surface area contributed by atoms with E-state index in [9.17, 15) is 13.6 Å². The van der Waals surface area contributed by atoms with Gasteiger partial charge in [0.2, 0.25) is 0 Å². The Kier molecular flexibility index (Phi) is 6.10. The molecule has 7 nitrogen and oxygen atoms in total. The lowest BCUT2D eigenvalue weighted by atomic mass is 9.99. The number of nitrogens with zero attached hydrogens (tertiary/aromatic N) is 4. The molecule has 0 amide bonds. The van der Waals surface area contributed by atoms with Gasteiger partial charge in [-0.3, -0.25) is 9.36 Å². The third kappa shape index (κ3) is 4.01. The maximum atomic E-state index is 12.9. The topological polar surface area (TPSA) is 71.8 Å². The minimum atomic E-state index is -2.64. The fourth-order valence-electron chi connectivity index (χ4n) is 2.81. The van der Waals surface area contributed by atoms with E-state index in [1.165, 1.54) is 19.5 Å². The first-order valence-corrected chi connectivity index (χ1v) is 7.88. The van der Waals surface area contributed by atoms with Gasteiger partial charge in [0, 0.05) is 32.0 Å². The number of hydrogen-bond acceptors (Lipinski definition) is 4. The molecule has 2 heterocycles. The number of ether oxygens (including phenoxy) is 1. The van der Waals surface area contributed by atoms with Crippen LogP contribution in [-0.4, -0.2) is 53.1 Å². The molecule has 0 radical (unpaired) electrons. The van der Waals surface area contributed by atoms with Crippen molar-refractivity contribution in [1.29, 1.82) is 0 Å². The second kappa shape index (κ2) is 8.07. The van der Waals surface area contributed by atoms with Gasteiger partial charge in [-0.15, -0.1) is 0 Å². The number of imidazole rings is 1. The van der Waals surface area contributed by atoms with Crippen molar-refractivity contribution < 1.29 is 18.3 Å². The molecule has 2 rings (SSSR count). The monoisotopic (exact) mass is 343 g/mol. The van der Waals surface area contributed by atoms with E-state index in [-0.39, 0.29) is 30.2 Å². The Morgan fingerprint density at radius 3 is 2.92 bits per heavy atom. The third-order valence-electron chi connectivity index (χ3n) is 4.08. The Bertz CT molecular complexity index is 590. The van der Waals surface area contributed by atoms with Crippen LogP contribution in [0.4, 0.5) is 8.78 Å². The quantitative estimate of drug-likeness (QED) is 0.498. The van der Waals surface area contributed by atoms with Crippen molar-refractivity contribution in [3.05, 3.63) is 18.2 Å². The summed E-state index contributed by atoms with van der Waals surface area (Å²) in [5.41, 5.74) is 0. The summed E-state index contributed by atoms with van der Waals surface area (Å²) in [6, 6.07) is 0. The largest absolute Gasteiger partial charge is 0.469 e. The predicted molar refractivity (Wildman–Crippen MR) is 84.5 cm³/mol. The van der Waals surface area contributed by atoms with Gasteiger partial charge in [0.25, 0.3) is 0 Å². The molecule has 0 aliphatic carbocycles.